The van der Waals surface area contributed by atoms with Crippen LogP contribution in [0.25, 0.3) is 0 Å². The summed E-state index contributed by atoms with van der Waals surface area (Å²) >= 11 is 0. The molecule has 2 heterocycles. The van der Waals surface area contributed by atoms with Crippen molar-refractivity contribution >= 4 is 10.2 Å². The SMILES string of the molecule is CCCn1cnnc1CNS(=O)(=O)N1CCCC1COC. The van der Waals surface area contributed by atoms with Crippen molar-refractivity contribution in [2.24, 2.45) is 0 Å². The summed E-state index contributed by atoms with van der Waals surface area (Å²) in [7, 11) is -1.93. The van der Waals surface area contributed by atoms with Gasteiger partial charge in [0, 0.05) is 26.2 Å². The van der Waals surface area contributed by atoms with E-state index in [2.05, 4.69) is 14.9 Å². The molecule has 2 rings (SSSR count). The van der Waals surface area contributed by atoms with Gasteiger partial charge in [0.15, 0.2) is 0 Å². The van der Waals surface area contributed by atoms with E-state index in [1.807, 2.05) is 11.5 Å². The van der Waals surface area contributed by atoms with E-state index in [9.17, 15) is 8.42 Å². The fourth-order valence-electron chi connectivity index (χ4n) is 2.57. The van der Waals surface area contributed by atoms with Crippen LogP contribution in [0.15, 0.2) is 6.33 Å². The van der Waals surface area contributed by atoms with Gasteiger partial charge in [0.05, 0.1) is 13.2 Å². The molecule has 1 saturated heterocycles. The number of nitrogens with zero attached hydrogens (tertiary/aromatic N) is 4. The zero-order valence-corrected chi connectivity index (χ0v) is 13.3. The van der Waals surface area contributed by atoms with Gasteiger partial charge >= 0.3 is 0 Å². The minimum absolute atomic E-state index is 0.0824. The van der Waals surface area contributed by atoms with Crippen LogP contribution in [0, 0.1) is 0 Å². The highest BCUT2D eigenvalue weighted by Gasteiger charge is 2.34. The lowest BCUT2D eigenvalue weighted by Crippen LogP contribution is -2.44. The molecule has 0 saturated carbocycles. The van der Waals surface area contributed by atoms with Crippen LogP contribution in [0.4, 0.5) is 0 Å². The van der Waals surface area contributed by atoms with Crippen LogP contribution >= 0.6 is 0 Å². The Labute approximate surface area is 125 Å². The number of ether oxygens (including phenoxy) is 1. The maximum atomic E-state index is 12.4. The minimum atomic E-state index is -3.52. The maximum Gasteiger partial charge on any atom is 0.280 e. The summed E-state index contributed by atoms with van der Waals surface area (Å²) < 4.78 is 35.8. The third kappa shape index (κ3) is 4.00. The van der Waals surface area contributed by atoms with E-state index < -0.39 is 10.2 Å². The molecule has 0 amide bonds. The van der Waals surface area contributed by atoms with E-state index in [0.29, 0.717) is 19.0 Å². The molecule has 1 atom stereocenters. The molecule has 1 N–H and O–H groups in total. The predicted molar refractivity (Wildman–Crippen MR) is 77.7 cm³/mol. The second kappa shape index (κ2) is 7.30. The Morgan fingerprint density at radius 3 is 3.05 bits per heavy atom. The van der Waals surface area contributed by atoms with Crippen molar-refractivity contribution in [1.82, 2.24) is 23.8 Å². The van der Waals surface area contributed by atoms with Gasteiger partial charge in [0.1, 0.15) is 12.2 Å². The lowest BCUT2D eigenvalue weighted by molar-refractivity contribution is 0.148. The fraction of sp³-hybridized carbons (Fsp3) is 0.833. The van der Waals surface area contributed by atoms with Crippen molar-refractivity contribution in [1.29, 1.82) is 0 Å². The average molecular weight is 317 g/mol. The summed E-state index contributed by atoms with van der Waals surface area (Å²) in [5.74, 6) is 0.628. The number of aromatic nitrogens is 3. The molecule has 0 aliphatic carbocycles. The van der Waals surface area contributed by atoms with Gasteiger partial charge in [-0.15, -0.1) is 10.2 Å². The van der Waals surface area contributed by atoms with Crippen molar-refractivity contribution in [3.63, 3.8) is 0 Å². The van der Waals surface area contributed by atoms with Gasteiger partial charge in [-0.25, -0.2) is 0 Å². The predicted octanol–water partition coefficient (Wildman–Crippen LogP) is 0.133. The average Bonchev–Trinajstić information content (AvgIpc) is 3.07. The molecular formula is C12H23N5O3S. The Hall–Kier alpha value is -1.03. The van der Waals surface area contributed by atoms with E-state index in [-0.39, 0.29) is 12.6 Å². The van der Waals surface area contributed by atoms with Gasteiger partial charge in [-0.05, 0) is 19.3 Å². The molecule has 1 fully saturated rings. The zero-order valence-electron chi connectivity index (χ0n) is 12.5. The second-order valence-corrected chi connectivity index (χ2v) is 6.84. The summed E-state index contributed by atoms with van der Waals surface area (Å²) in [6.07, 6.45) is 4.26. The van der Waals surface area contributed by atoms with Crippen molar-refractivity contribution in [3.05, 3.63) is 12.2 Å². The zero-order chi connectivity index (χ0) is 15.3. The Kier molecular flexibility index (Phi) is 5.68. The summed E-state index contributed by atoms with van der Waals surface area (Å²) in [5, 5.41) is 7.79. The largest absolute Gasteiger partial charge is 0.383 e. The molecular weight excluding hydrogens is 294 g/mol. The third-order valence-corrected chi connectivity index (χ3v) is 5.17. The summed E-state index contributed by atoms with van der Waals surface area (Å²) in [5.41, 5.74) is 0. The highest BCUT2D eigenvalue weighted by molar-refractivity contribution is 7.87. The normalized spacial score (nSPS) is 20.2. The highest BCUT2D eigenvalue weighted by atomic mass is 32.2. The first kappa shape index (κ1) is 16.3. The molecule has 0 radical (unpaired) electrons. The molecule has 1 aromatic rings. The van der Waals surface area contributed by atoms with Gasteiger partial charge in [-0.1, -0.05) is 6.92 Å². The lowest BCUT2D eigenvalue weighted by atomic mass is 10.2. The maximum absolute atomic E-state index is 12.4. The molecule has 1 unspecified atom stereocenters. The Bertz CT molecular complexity index is 545. The molecule has 9 heteroatoms. The van der Waals surface area contributed by atoms with Crippen LogP contribution in [-0.4, -0.2) is 53.8 Å². The first-order chi connectivity index (χ1) is 10.1. The van der Waals surface area contributed by atoms with Gasteiger partial charge in [0.25, 0.3) is 10.2 Å². The molecule has 0 bridgehead atoms. The van der Waals surface area contributed by atoms with Crippen LogP contribution in [0.3, 0.4) is 0 Å². The standard InChI is InChI=1S/C12H23N5O3S/c1-3-6-16-10-13-15-12(16)8-14-21(18,19)17-7-4-5-11(17)9-20-2/h10-11,14H,3-9H2,1-2H3. The Morgan fingerprint density at radius 2 is 2.33 bits per heavy atom. The molecule has 1 aromatic heterocycles. The summed E-state index contributed by atoms with van der Waals surface area (Å²) in [6.45, 7) is 3.93. The first-order valence-corrected chi connectivity index (χ1v) is 8.64. The monoisotopic (exact) mass is 317 g/mol. The van der Waals surface area contributed by atoms with E-state index in [0.717, 1.165) is 25.8 Å². The number of nitrogens with one attached hydrogen (secondary N) is 1. The Morgan fingerprint density at radius 1 is 1.52 bits per heavy atom. The molecule has 0 aromatic carbocycles. The second-order valence-electron chi connectivity index (χ2n) is 5.13. The minimum Gasteiger partial charge on any atom is -0.383 e. The highest BCUT2D eigenvalue weighted by Crippen LogP contribution is 2.20. The number of aryl methyl sites for hydroxylation is 1. The summed E-state index contributed by atoms with van der Waals surface area (Å²) in [4.78, 5) is 0. The van der Waals surface area contributed by atoms with Crippen molar-refractivity contribution in [2.45, 2.75) is 45.3 Å². The fourth-order valence-corrected chi connectivity index (χ4v) is 3.97. The molecule has 0 spiro atoms. The molecule has 8 nitrogen and oxygen atoms in total. The van der Waals surface area contributed by atoms with E-state index >= 15 is 0 Å². The smallest absolute Gasteiger partial charge is 0.280 e. The topological polar surface area (TPSA) is 89.3 Å². The van der Waals surface area contributed by atoms with Crippen LogP contribution < -0.4 is 4.72 Å². The van der Waals surface area contributed by atoms with E-state index in [4.69, 9.17) is 4.74 Å². The van der Waals surface area contributed by atoms with Crippen molar-refractivity contribution in [2.75, 3.05) is 20.3 Å². The van der Waals surface area contributed by atoms with E-state index in [1.165, 1.54) is 4.31 Å². The van der Waals surface area contributed by atoms with Gasteiger partial charge in [-0.3, -0.25) is 0 Å². The van der Waals surface area contributed by atoms with E-state index in [1.54, 1.807) is 13.4 Å². The van der Waals surface area contributed by atoms with Crippen LogP contribution in [0.2, 0.25) is 0 Å². The van der Waals surface area contributed by atoms with Crippen LogP contribution in [-0.2, 0) is 28.0 Å². The van der Waals surface area contributed by atoms with Crippen LogP contribution in [0.1, 0.15) is 32.0 Å². The van der Waals surface area contributed by atoms with Gasteiger partial charge in [-0.2, -0.15) is 17.4 Å². The number of hydrogen-bond donors (Lipinski definition) is 1. The lowest BCUT2D eigenvalue weighted by Gasteiger charge is -2.23. The molecule has 1 aliphatic rings. The Balaban J connectivity index is 1.99. The third-order valence-electron chi connectivity index (χ3n) is 3.56. The summed E-state index contributed by atoms with van der Waals surface area (Å²) in [6, 6.07) is -0.0824. The molecule has 1 aliphatic heterocycles. The quantitative estimate of drug-likeness (QED) is 0.736. The van der Waals surface area contributed by atoms with Crippen molar-refractivity contribution in [3.8, 4) is 0 Å². The van der Waals surface area contributed by atoms with Gasteiger partial charge < -0.3 is 9.30 Å². The van der Waals surface area contributed by atoms with Gasteiger partial charge in [0.2, 0.25) is 0 Å². The van der Waals surface area contributed by atoms with Crippen molar-refractivity contribution < 1.29 is 13.2 Å². The van der Waals surface area contributed by atoms with Crippen LogP contribution in [0.5, 0.6) is 0 Å². The molecule has 120 valence electrons. The number of rotatable bonds is 8. The first-order valence-electron chi connectivity index (χ1n) is 7.20. The molecule has 21 heavy (non-hydrogen) atoms. The number of methoxy groups -OCH3 is 1. The number of hydrogen-bond acceptors (Lipinski definition) is 5.